The Morgan fingerprint density at radius 1 is 1.23 bits per heavy atom. The number of halogens is 2. The summed E-state index contributed by atoms with van der Waals surface area (Å²) in [5, 5.41) is 2.83. The zero-order chi connectivity index (χ0) is 21.8. The molecular weight excluding hydrogens is 398 g/mol. The largest absolute Gasteiger partial charge is 0.444 e. The van der Waals surface area contributed by atoms with Crippen LogP contribution in [-0.4, -0.2) is 56.1 Å². The molecule has 0 bridgehead atoms. The van der Waals surface area contributed by atoms with Crippen LogP contribution in [0.1, 0.15) is 20.8 Å². The molecule has 4 rings (SSSR count). The number of nitrogens with one attached hydrogen (secondary N) is 1. The lowest BCUT2D eigenvalue weighted by Gasteiger charge is -2.25. The summed E-state index contributed by atoms with van der Waals surface area (Å²) < 4.78 is 39.9. The number of fused-ring (bicyclic) bond motifs is 1. The Labute approximate surface area is 173 Å². The minimum Gasteiger partial charge on any atom is -0.444 e. The van der Waals surface area contributed by atoms with Crippen molar-refractivity contribution in [2.75, 3.05) is 36.0 Å². The summed E-state index contributed by atoms with van der Waals surface area (Å²) >= 11 is 0. The number of carbonyl (C=O) groups excluding carboxylic acids is 2. The molecular formula is C20H26F2N4O4. The second kappa shape index (κ2) is 7.26. The van der Waals surface area contributed by atoms with Crippen LogP contribution in [0.5, 0.6) is 0 Å². The van der Waals surface area contributed by atoms with E-state index < -0.39 is 35.5 Å². The van der Waals surface area contributed by atoms with Crippen LogP contribution < -0.4 is 20.9 Å². The third kappa shape index (κ3) is 3.88. The first-order valence-electron chi connectivity index (χ1n) is 9.99. The van der Waals surface area contributed by atoms with Gasteiger partial charge in [-0.1, -0.05) is 0 Å². The SMILES string of the molecule is CC(C)(C)OC(=O)NC1[C@H]2CN(c3c(F)cc(N4C[C@H](CN)OC4=O)cc3F)C[C@@H]12. The minimum absolute atomic E-state index is 0.0472. The van der Waals surface area contributed by atoms with Gasteiger partial charge in [0.05, 0.1) is 12.2 Å². The van der Waals surface area contributed by atoms with E-state index >= 15 is 0 Å². The second-order valence-corrected chi connectivity index (χ2v) is 9.01. The molecule has 2 aliphatic heterocycles. The van der Waals surface area contributed by atoms with Crippen molar-refractivity contribution in [2.24, 2.45) is 17.6 Å². The Bertz CT molecular complexity index is 840. The highest BCUT2D eigenvalue weighted by molar-refractivity contribution is 5.90. The smallest absolute Gasteiger partial charge is 0.414 e. The van der Waals surface area contributed by atoms with Crippen molar-refractivity contribution in [3.05, 3.63) is 23.8 Å². The summed E-state index contributed by atoms with van der Waals surface area (Å²) in [4.78, 5) is 26.7. The van der Waals surface area contributed by atoms with E-state index in [9.17, 15) is 18.4 Å². The number of nitrogens with zero attached hydrogens (tertiary/aromatic N) is 2. The van der Waals surface area contributed by atoms with Crippen LogP contribution in [0.15, 0.2) is 12.1 Å². The zero-order valence-electron chi connectivity index (χ0n) is 17.2. The summed E-state index contributed by atoms with van der Waals surface area (Å²) in [6.45, 7) is 6.51. The number of hydrogen-bond acceptors (Lipinski definition) is 6. The van der Waals surface area contributed by atoms with Gasteiger partial charge in [0.15, 0.2) is 11.6 Å². The topological polar surface area (TPSA) is 97.1 Å². The van der Waals surface area contributed by atoms with E-state index in [1.54, 1.807) is 25.7 Å². The van der Waals surface area contributed by atoms with Crippen LogP contribution in [0, 0.1) is 23.5 Å². The molecule has 8 nitrogen and oxygen atoms in total. The highest BCUT2D eigenvalue weighted by atomic mass is 19.1. The van der Waals surface area contributed by atoms with Gasteiger partial charge < -0.3 is 25.4 Å². The van der Waals surface area contributed by atoms with Crippen molar-refractivity contribution >= 4 is 23.6 Å². The lowest BCUT2D eigenvalue weighted by Crippen LogP contribution is -2.38. The van der Waals surface area contributed by atoms with Crippen molar-refractivity contribution in [2.45, 2.75) is 38.5 Å². The molecule has 1 aromatic carbocycles. The molecule has 0 spiro atoms. The van der Waals surface area contributed by atoms with Crippen molar-refractivity contribution in [1.82, 2.24) is 5.32 Å². The molecule has 4 atom stereocenters. The predicted octanol–water partition coefficient (Wildman–Crippen LogP) is 2.21. The molecule has 164 valence electrons. The molecule has 2 amide bonds. The van der Waals surface area contributed by atoms with Crippen molar-refractivity contribution < 1.29 is 27.8 Å². The maximum atomic E-state index is 14.8. The van der Waals surface area contributed by atoms with Gasteiger partial charge >= 0.3 is 12.2 Å². The Hall–Kier alpha value is -2.62. The average Bonchev–Trinajstić information content (AvgIpc) is 2.96. The quantitative estimate of drug-likeness (QED) is 0.769. The maximum Gasteiger partial charge on any atom is 0.414 e. The van der Waals surface area contributed by atoms with E-state index in [0.29, 0.717) is 13.1 Å². The van der Waals surface area contributed by atoms with E-state index in [4.69, 9.17) is 15.2 Å². The lowest BCUT2D eigenvalue weighted by molar-refractivity contribution is 0.0518. The third-order valence-electron chi connectivity index (χ3n) is 5.64. The Kier molecular flexibility index (Phi) is 5.00. The zero-order valence-corrected chi connectivity index (χ0v) is 17.2. The van der Waals surface area contributed by atoms with Gasteiger partial charge in [-0.3, -0.25) is 4.90 Å². The van der Waals surface area contributed by atoms with E-state index in [1.165, 1.54) is 4.90 Å². The van der Waals surface area contributed by atoms with Gasteiger partial charge in [-0.05, 0) is 20.8 Å². The van der Waals surface area contributed by atoms with Gasteiger partial charge in [-0.15, -0.1) is 0 Å². The van der Waals surface area contributed by atoms with E-state index in [2.05, 4.69) is 5.32 Å². The first kappa shape index (κ1) is 20.6. The number of benzene rings is 1. The fourth-order valence-corrected chi connectivity index (χ4v) is 4.23. The molecule has 1 aliphatic carbocycles. The lowest BCUT2D eigenvalue weighted by atomic mass is 10.2. The van der Waals surface area contributed by atoms with E-state index in [1.807, 2.05) is 0 Å². The van der Waals surface area contributed by atoms with Crippen molar-refractivity contribution in [1.29, 1.82) is 0 Å². The highest BCUT2D eigenvalue weighted by Gasteiger charge is 2.57. The normalized spacial score (nSPS) is 27.7. The van der Waals surface area contributed by atoms with Crippen LogP contribution in [-0.2, 0) is 9.47 Å². The number of anilines is 2. The van der Waals surface area contributed by atoms with E-state index in [0.717, 1.165) is 12.1 Å². The third-order valence-corrected chi connectivity index (χ3v) is 5.64. The number of cyclic esters (lactones) is 1. The maximum absolute atomic E-state index is 14.8. The molecule has 2 saturated heterocycles. The molecule has 1 aromatic rings. The molecule has 1 unspecified atom stereocenters. The molecule has 1 saturated carbocycles. The van der Waals surface area contributed by atoms with Crippen LogP contribution in [0.3, 0.4) is 0 Å². The number of ether oxygens (including phenoxy) is 2. The average molecular weight is 424 g/mol. The molecule has 3 N–H and O–H groups in total. The molecule has 30 heavy (non-hydrogen) atoms. The number of carbonyl (C=O) groups is 2. The summed E-state index contributed by atoms with van der Waals surface area (Å²) in [5.41, 5.74) is 4.90. The van der Waals surface area contributed by atoms with Gasteiger partial charge in [-0.25, -0.2) is 18.4 Å². The van der Waals surface area contributed by atoms with Crippen molar-refractivity contribution in [3.8, 4) is 0 Å². The van der Waals surface area contributed by atoms with Crippen LogP contribution in [0.4, 0.5) is 29.7 Å². The molecule has 0 aromatic heterocycles. The predicted molar refractivity (Wildman–Crippen MR) is 105 cm³/mol. The summed E-state index contributed by atoms with van der Waals surface area (Å²) in [6.07, 6.45) is -1.65. The van der Waals surface area contributed by atoms with Gasteiger partial charge in [0.2, 0.25) is 0 Å². The van der Waals surface area contributed by atoms with Gasteiger partial charge in [0, 0.05) is 49.6 Å². The van der Waals surface area contributed by atoms with Gasteiger partial charge in [0.1, 0.15) is 17.4 Å². The molecule has 2 heterocycles. The number of rotatable bonds is 4. The minimum atomic E-state index is -0.744. The van der Waals surface area contributed by atoms with Gasteiger partial charge in [0.25, 0.3) is 0 Å². The summed E-state index contributed by atoms with van der Waals surface area (Å²) in [5.74, 6) is -1.25. The number of piperidine rings is 1. The fourth-order valence-electron chi connectivity index (χ4n) is 4.23. The first-order valence-corrected chi connectivity index (χ1v) is 9.99. The molecule has 0 radical (unpaired) electrons. The Morgan fingerprint density at radius 2 is 1.83 bits per heavy atom. The van der Waals surface area contributed by atoms with Crippen molar-refractivity contribution in [3.63, 3.8) is 0 Å². The summed E-state index contributed by atoms with van der Waals surface area (Å²) in [6, 6.07) is 2.23. The number of amides is 2. The first-order chi connectivity index (χ1) is 14.1. The standard InChI is InChI=1S/C20H26F2N4O4/c1-20(2,3)30-18(27)24-16-12-8-25(9-13(12)16)17-14(21)4-10(5-15(17)22)26-7-11(6-23)29-19(26)28/h4-5,11-13,16H,6-9,23H2,1-3H3,(H,24,27)/t11-,12-,13+,16?/m0/s1. The Morgan fingerprint density at radius 3 is 2.33 bits per heavy atom. The number of alkyl carbamates (subject to hydrolysis) is 1. The van der Waals surface area contributed by atoms with Crippen LogP contribution in [0.25, 0.3) is 0 Å². The summed E-state index contributed by atoms with van der Waals surface area (Å²) in [7, 11) is 0. The Balaban J connectivity index is 1.40. The monoisotopic (exact) mass is 424 g/mol. The van der Waals surface area contributed by atoms with Crippen LogP contribution >= 0.6 is 0 Å². The second-order valence-electron chi connectivity index (χ2n) is 9.01. The highest BCUT2D eigenvalue weighted by Crippen LogP contribution is 2.48. The van der Waals surface area contributed by atoms with Gasteiger partial charge in [-0.2, -0.15) is 0 Å². The van der Waals surface area contributed by atoms with Crippen LogP contribution in [0.2, 0.25) is 0 Å². The molecule has 3 aliphatic rings. The molecule has 10 heteroatoms. The number of nitrogens with two attached hydrogens (primary N) is 1. The molecule has 3 fully saturated rings. The number of hydrogen-bond donors (Lipinski definition) is 2. The van der Waals surface area contributed by atoms with E-state index in [-0.39, 0.29) is 42.3 Å². The fraction of sp³-hybridized carbons (Fsp3) is 0.600.